The molecule has 1 aromatic heterocycles. The van der Waals surface area contributed by atoms with Crippen molar-refractivity contribution in [2.45, 2.75) is 20.3 Å². The van der Waals surface area contributed by atoms with Crippen molar-refractivity contribution < 1.29 is 9.59 Å². The largest absolute Gasteiger partial charge is 0.351 e. The van der Waals surface area contributed by atoms with Crippen LogP contribution in [0.4, 0.5) is 0 Å². The summed E-state index contributed by atoms with van der Waals surface area (Å²) in [4.78, 5) is 32.8. The molecule has 1 aliphatic heterocycles. The fourth-order valence-electron chi connectivity index (χ4n) is 3.87. The lowest BCUT2D eigenvalue weighted by Gasteiger charge is -2.22. The summed E-state index contributed by atoms with van der Waals surface area (Å²) < 4.78 is 0. The lowest BCUT2D eigenvalue weighted by atomic mass is 10.1. The van der Waals surface area contributed by atoms with Crippen LogP contribution < -0.4 is 0 Å². The lowest BCUT2D eigenvalue weighted by molar-refractivity contribution is 0.0716. The Morgan fingerprint density at radius 3 is 2.34 bits per heavy atom. The number of aromatic amines is 1. The molecule has 5 nitrogen and oxygen atoms in total. The summed E-state index contributed by atoms with van der Waals surface area (Å²) in [6, 6.07) is 13.1. The third-order valence-corrected chi connectivity index (χ3v) is 6.08. The molecule has 1 aliphatic rings. The maximum absolute atomic E-state index is 13.1. The highest BCUT2D eigenvalue weighted by Gasteiger charge is 2.25. The van der Waals surface area contributed by atoms with Gasteiger partial charge in [-0.05, 0) is 55.7 Å². The van der Waals surface area contributed by atoms with Gasteiger partial charge in [0.15, 0.2) is 0 Å². The normalized spacial score (nSPS) is 14.9. The Morgan fingerprint density at radius 1 is 0.931 bits per heavy atom. The summed E-state index contributed by atoms with van der Waals surface area (Å²) in [6.07, 6.45) is 0.736. The molecule has 6 heteroatoms. The van der Waals surface area contributed by atoms with Gasteiger partial charge >= 0.3 is 0 Å². The summed E-state index contributed by atoms with van der Waals surface area (Å²) in [7, 11) is 0. The van der Waals surface area contributed by atoms with Crippen molar-refractivity contribution in [3.63, 3.8) is 0 Å². The summed E-state index contributed by atoms with van der Waals surface area (Å²) in [5.74, 6) is -0.105. The Kier molecular flexibility index (Phi) is 5.33. The van der Waals surface area contributed by atoms with Crippen molar-refractivity contribution in [1.29, 1.82) is 0 Å². The molecule has 2 amide bonds. The van der Waals surface area contributed by atoms with E-state index < -0.39 is 0 Å². The zero-order chi connectivity index (χ0) is 20.5. The van der Waals surface area contributed by atoms with Gasteiger partial charge in [-0.2, -0.15) is 0 Å². The summed E-state index contributed by atoms with van der Waals surface area (Å²) in [5.41, 5.74) is 4.47. The van der Waals surface area contributed by atoms with Crippen molar-refractivity contribution in [1.82, 2.24) is 14.8 Å². The van der Waals surface area contributed by atoms with E-state index in [4.69, 9.17) is 11.6 Å². The summed E-state index contributed by atoms with van der Waals surface area (Å²) >= 11 is 6.18. The van der Waals surface area contributed by atoms with Crippen LogP contribution in [0.15, 0.2) is 42.5 Å². The average molecular weight is 410 g/mol. The van der Waals surface area contributed by atoms with Gasteiger partial charge in [0.25, 0.3) is 11.8 Å². The maximum Gasteiger partial charge on any atom is 0.270 e. The van der Waals surface area contributed by atoms with E-state index in [1.54, 1.807) is 17.0 Å². The molecule has 0 spiro atoms. The van der Waals surface area contributed by atoms with E-state index in [1.807, 2.05) is 29.2 Å². The predicted octanol–water partition coefficient (Wildman–Crippen LogP) is 4.43. The smallest absolute Gasteiger partial charge is 0.270 e. The number of rotatable bonds is 2. The first-order valence-electron chi connectivity index (χ1n) is 9.87. The van der Waals surface area contributed by atoms with Gasteiger partial charge < -0.3 is 14.8 Å². The van der Waals surface area contributed by atoms with Gasteiger partial charge in [-0.1, -0.05) is 29.8 Å². The molecule has 0 radical (unpaired) electrons. The molecule has 4 rings (SSSR count). The second-order valence-corrected chi connectivity index (χ2v) is 7.98. The van der Waals surface area contributed by atoms with Crippen molar-refractivity contribution in [3.8, 4) is 0 Å². The number of fused-ring (bicyclic) bond motifs is 1. The number of hydrogen-bond acceptors (Lipinski definition) is 2. The summed E-state index contributed by atoms with van der Waals surface area (Å²) in [6.45, 7) is 6.38. The zero-order valence-electron chi connectivity index (χ0n) is 16.7. The van der Waals surface area contributed by atoms with Gasteiger partial charge in [-0.25, -0.2) is 0 Å². The Labute approximate surface area is 175 Å². The first-order chi connectivity index (χ1) is 14.0. The van der Waals surface area contributed by atoms with Crippen LogP contribution in [0.2, 0.25) is 5.02 Å². The number of nitrogens with one attached hydrogen (secondary N) is 1. The van der Waals surface area contributed by atoms with E-state index in [9.17, 15) is 9.59 Å². The second kappa shape index (κ2) is 7.91. The number of carbonyl (C=O) groups is 2. The van der Waals surface area contributed by atoms with E-state index in [-0.39, 0.29) is 11.8 Å². The maximum atomic E-state index is 13.1. The topological polar surface area (TPSA) is 56.4 Å². The third kappa shape index (κ3) is 3.75. The number of aryl methyl sites for hydroxylation is 2. The van der Waals surface area contributed by atoms with E-state index in [2.05, 4.69) is 24.9 Å². The van der Waals surface area contributed by atoms with E-state index in [0.29, 0.717) is 42.5 Å². The SMILES string of the molecule is Cc1ccc2[nH]c(C(=O)N3CCCN(C(=O)c4ccccc4Cl)CC3)cc2c1C. The number of aromatic nitrogens is 1. The fraction of sp³-hybridized carbons (Fsp3) is 0.304. The highest BCUT2D eigenvalue weighted by atomic mass is 35.5. The predicted molar refractivity (Wildman–Crippen MR) is 116 cm³/mol. The molecule has 1 fully saturated rings. The molecule has 3 aromatic rings. The molecule has 0 saturated carbocycles. The Hall–Kier alpha value is -2.79. The molecule has 2 aromatic carbocycles. The molecular formula is C23H24ClN3O2. The van der Waals surface area contributed by atoms with Crippen LogP contribution in [0, 0.1) is 13.8 Å². The minimum Gasteiger partial charge on any atom is -0.351 e. The molecule has 2 heterocycles. The first-order valence-corrected chi connectivity index (χ1v) is 10.3. The van der Waals surface area contributed by atoms with Crippen LogP contribution in [0.25, 0.3) is 10.9 Å². The minimum absolute atomic E-state index is 0.0229. The number of amides is 2. The van der Waals surface area contributed by atoms with Crippen LogP contribution in [0.1, 0.15) is 38.4 Å². The molecule has 150 valence electrons. The molecule has 0 unspecified atom stereocenters. The van der Waals surface area contributed by atoms with Gasteiger partial charge in [-0.3, -0.25) is 9.59 Å². The molecule has 1 N–H and O–H groups in total. The molecular weight excluding hydrogens is 386 g/mol. The van der Waals surface area contributed by atoms with Crippen LogP contribution in [0.3, 0.4) is 0 Å². The highest BCUT2D eigenvalue weighted by molar-refractivity contribution is 6.33. The number of H-pyrrole nitrogens is 1. The van der Waals surface area contributed by atoms with Crippen molar-refractivity contribution in [2.75, 3.05) is 26.2 Å². The van der Waals surface area contributed by atoms with Crippen molar-refractivity contribution >= 4 is 34.3 Å². The quantitative estimate of drug-likeness (QED) is 0.680. The standard InChI is InChI=1S/C23H24ClN3O2/c1-15-8-9-20-18(16(15)2)14-21(25-20)23(29)27-11-5-10-26(12-13-27)22(28)17-6-3-4-7-19(17)24/h3-4,6-9,14,25H,5,10-13H2,1-2H3. The summed E-state index contributed by atoms with van der Waals surface area (Å²) in [5, 5.41) is 1.54. The molecule has 0 aliphatic carbocycles. The van der Waals surface area contributed by atoms with Crippen molar-refractivity contribution in [3.05, 3.63) is 69.9 Å². The third-order valence-electron chi connectivity index (χ3n) is 5.75. The fourth-order valence-corrected chi connectivity index (χ4v) is 4.09. The molecule has 0 atom stereocenters. The van der Waals surface area contributed by atoms with Gasteiger partial charge in [0, 0.05) is 37.1 Å². The Bertz CT molecular complexity index is 1090. The molecule has 29 heavy (non-hydrogen) atoms. The van der Waals surface area contributed by atoms with Crippen LogP contribution in [-0.2, 0) is 0 Å². The minimum atomic E-state index is -0.0818. The number of benzene rings is 2. The highest BCUT2D eigenvalue weighted by Crippen LogP contribution is 2.24. The number of halogens is 1. The first kappa shape index (κ1) is 19.5. The van der Waals surface area contributed by atoms with E-state index in [1.165, 1.54) is 11.1 Å². The van der Waals surface area contributed by atoms with E-state index >= 15 is 0 Å². The van der Waals surface area contributed by atoms with Gasteiger partial charge in [-0.15, -0.1) is 0 Å². The van der Waals surface area contributed by atoms with Crippen molar-refractivity contribution in [2.24, 2.45) is 0 Å². The van der Waals surface area contributed by atoms with Crippen LogP contribution in [0.5, 0.6) is 0 Å². The second-order valence-electron chi connectivity index (χ2n) is 7.57. The van der Waals surface area contributed by atoms with Crippen LogP contribution in [-0.4, -0.2) is 52.8 Å². The Balaban J connectivity index is 1.50. The molecule has 0 bridgehead atoms. The molecule has 1 saturated heterocycles. The number of hydrogen-bond donors (Lipinski definition) is 1. The number of nitrogens with zero attached hydrogens (tertiary/aromatic N) is 2. The zero-order valence-corrected chi connectivity index (χ0v) is 17.4. The monoisotopic (exact) mass is 409 g/mol. The van der Waals surface area contributed by atoms with Gasteiger partial charge in [0.1, 0.15) is 5.69 Å². The van der Waals surface area contributed by atoms with E-state index in [0.717, 1.165) is 17.3 Å². The van der Waals surface area contributed by atoms with Gasteiger partial charge in [0.2, 0.25) is 0 Å². The van der Waals surface area contributed by atoms with Gasteiger partial charge in [0.05, 0.1) is 10.6 Å². The average Bonchev–Trinajstić information content (AvgIpc) is 3.01. The lowest BCUT2D eigenvalue weighted by Crippen LogP contribution is -2.37. The number of carbonyl (C=O) groups excluding carboxylic acids is 2. The Morgan fingerprint density at radius 2 is 1.62 bits per heavy atom. The van der Waals surface area contributed by atoms with Crippen LogP contribution >= 0.6 is 11.6 Å².